The number of benzene rings is 1. The van der Waals surface area contributed by atoms with E-state index < -0.39 is 11.8 Å². The van der Waals surface area contributed by atoms with Crippen LogP contribution < -0.4 is 15.5 Å². The zero-order chi connectivity index (χ0) is 20.9. The molecular formula is C22H30N4O4. The zero-order valence-corrected chi connectivity index (χ0v) is 17.3. The van der Waals surface area contributed by atoms with Crippen LogP contribution in [0, 0.1) is 5.92 Å². The molecule has 4 rings (SSSR count). The number of carbonyl (C=O) groups excluding carboxylic acids is 3. The minimum atomic E-state index is -0.680. The number of amides is 3. The van der Waals surface area contributed by atoms with Crippen molar-refractivity contribution in [2.24, 2.45) is 5.92 Å². The van der Waals surface area contributed by atoms with Crippen molar-refractivity contribution in [3.8, 4) is 0 Å². The maximum absolute atomic E-state index is 12.3. The Morgan fingerprint density at radius 3 is 2.63 bits per heavy atom. The van der Waals surface area contributed by atoms with Crippen LogP contribution in [0.4, 0.5) is 11.4 Å². The van der Waals surface area contributed by atoms with Crippen LogP contribution in [-0.4, -0.2) is 68.1 Å². The van der Waals surface area contributed by atoms with Crippen molar-refractivity contribution in [3.05, 3.63) is 24.3 Å². The van der Waals surface area contributed by atoms with E-state index in [1.807, 2.05) is 6.07 Å². The van der Waals surface area contributed by atoms with Crippen molar-refractivity contribution in [1.29, 1.82) is 0 Å². The Bertz CT molecular complexity index is 785. The highest BCUT2D eigenvalue weighted by Crippen LogP contribution is 2.24. The van der Waals surface area contributed by atoms with Gasteiger partial charge in [-0.1, -0.05) is 6.07 Å². The first-order valence-corrected chi connectivity index (χ1v) is 10.9. The minimum Gasteiger partial charge on any atom is -0.380 e. The van der Waals surface area contributed by atoms with Gasteiger partial charge < -0.3 is 20.3 Å². The molecule has 3 saturated heterocycles. The van der Waals surface area contributed by atoms with E-state index in [0.29, 0.717) is 37.2 Å². The van der Waals surface area contributed by atoms with E-state index in [4.69, 9.17) is 4.74 Å². The van der Waals surface area contributed by atoms with Crippen LogP contribution in [0.3, 0.4) is 0 Å². The smallest absolute Gasteiger partial charge is 0.313 e. The lowest BCUT2D eigenvalue weighted by Crippen LogP contribution is -2.45. The molecule has 30 heavy (non-hydrogen) atoms. The Kier molecular flexibility index (Phi) is 6.64. The SMILES string of the molecule is O=C(NCC1CCN(C2CCOC2)CC1)C(=O)Nc1cccc(N2CCCC2=O)c1. The molecule has 3 amide bonds. The molecule has 0 aliphatic carbocycles. The average molecular weight is 415 g/mol. The summed E-state index contributed by atoms with van der Waals surface area (Å²) >= 11 is 0. The Morgan fingerprint density at radius 2 is 1.93 bits per heavy atom. The lowest BCUT2D eigenvalue weighted by Gasteiger charge is -2.35. The number of rotatable bonds is 5. The van der Waals surface area contributed by atoms with Crippen molar-refractivity contribution in [2.75, 3.05) is 49.6 Å². The third-order valence-electron chi connectivity index (χ3n) is 6.32. The largest absolute Gasteiger partial charge is 0.380 e. The predicted octanol–water partition coefficient (Wildman–Crippen LogP) is 1.37. The Balaban J connectivity index is 1.22. The summed E-state index contributed by atoms with van der Waals surface area (Å²) in [7, 11) is 0. The third kappa shape index (κ3) is 4.99. The van der Waals surface area contributed by atoms with Gasteiger partial charge in [0.15, 0.2) is 0 Å². The summed E-state index contributed by atoms with van der Waals surface area (Å²) in [5.41, 5.74) is 1.26. The third-order valence-corrected chi connectivity index (χ3v) is 6.32. The quantitative estimate of drug-likeness (QED) is 0.710. The van der Waals surface area contributed by atoms with Gasteiger partial charge in [0, 0.05) is 43.5 Å². The molecule has 3 fully saturated rings. The van der Waals surface area contributed by atoms with Gasteiger partial charge in [0.2, 0.25) is 5.91 Å². The maximum Gasteiger partial charge on any atom is 0.313 e. The van der Waals surface area contributed by atoms with E-state index in [2.05, 4.69) is 15.5 Å². The van der Waals surface area contributed by atoms with Crippen molar-refractivity contribution < 1.29 is 19.1 Å². The molecular weight excluding hydrogens is 384 g/mol. The predicted molar refractivity (Wildman–Crippen MR) is 113 cm³/mol. The first-order chi connectivity index (χ1) is 14.6. The molecule has 8 heteroatoms. The summed E-state index contributed by atoms with van der Waals surface area (Å²) < 4.78 is 5.47. The number of piperidine rings is 1. The molecule has 8 nitrogen and oxygen atoms in total. The van der Waals surface area contributed by atoms with Gasteiger partial charge in [-0.05, 0) is 62.9 Å². The summed E-state index contributed by atoms with van der Waals surface area (Å²) in [4.78, 5) is 40.6. The Hall–Kier alpha value is -2.45. The van der Waals surface area contributed by atoms with E-state index >= 15 is 0 Å². The van der Waals surface area contributed by atoms with Crippen LogP contribution in [0.25, 0.3) is 0 Å². The number of hydrogen-bond acceptors (Lipinski definition) is 5. The first-order valence-electron chi connectivity index (χ1n) is 10.9. The van der Waals surface area contributed by atoms with Gasteiger partial charge >= 0.3 is 11.8 Å². The van der Waals surface area contributed by atoms with Gasteiger partial charge in [0.25, 0.3) is 0 Å². The Labute approximate surface area is 176 Å². The second kappa shape index (κ2) is 9.57. The Morgan fingerprint density at radius 1 is 1.10 bits per heavy atom. The second-order valence-corrected chi connectivity index (χ2v) is 8.36. The minimum absolute atomic E-state index is 0.0859. The van der Waals surface area contributed by atoms with E-state index in [0.717, 1.165) is 57.7 Å². The van der Waals surface area contributed by atoms with Gasteiger partial charge in [-0.15, -0.1) is 0 Å². The van der Waals surface area contributed by atoms with E-state index in [-0.39, 0.29) is 5.91 Å². The highest BCUT2D eigenvalue weighted by Gasteiger charge is 2.28. The molecule has 0 saturated carbocycles. The molecule has 3 heterocycles. The van der Waals surface area contributed by atoms with Crippen LogP contribution in [0.2, 0.25) is 0 Å². The second-order valence-electron chi connectivity index (χ2n) is 8.36. The number of anilines is 2. The molecule has 1 aromatic carbocycles. The van der Waals surface area contributed by atoms with Crippen molar-refractivity contribution in [1.82, 2.24) is 10.2 Å². The average Bonchev–Trinajstić information content (AvgIpc) is 3.44. The van der Waals surface area contributed by atoms with Crippen molar-refractivity contribution >= 4 is 29.1 Å². The van der Waals surface area contributed by atoms with Gasteiger partial charge in [-0.3, -0.25) is 19.3 Å². The van der Waals surface area contributed by atoms with Crippen molar-refractivity contribution in [2.45, 2.75) is 38.1 Å². The van der Waals surface area contributed by atoms with Crippen molar-refractivity contribution in [3.63, 3.8) is 0 Å². The maximum atomic E-state index is 12.3. The number of ether oxygens (including phenoxy) is 1. The molecule has 0 radical (unpaired) electrons. The number of hydrogen-bond donors (Lipinski definition) is 2. The van der Waals surface area contributed by atoms with Crippen LogP contribution in [0.15, 0.2) is 24.3 Å². The lowest BCUT2D eigenvalue weighted by molar-refractivity contribution is -0.136. The van der Waals surface area contributed by atoms with Crippen LogP contribution in [0.5, 0.6) is 0 Å². The fraction of sp³-hybridized carbons (Fsp3) is 0.591. The fourth-order valence-corrected chi connectivity index (χ4v) is 4.51. The summed E-state index contributed by atoms with van der Waals surface area (Å²) in [6.07, 6.45) is 4.53. The molecule has 3 aliphatic rings. The van der Waals surface area contributed by atoms with E-state index in [1.165, 1.54) is 0 Å². The highest BCUT2D eigenvalue weighted by atomic mass is 16.5. The molecule has 3 aliphatic heterocycles. The molecule has 162 valence electrons. The van der Waals surface area contributed by atoms with Crippen LogP contribution >= 0.6 is 0 Å². The monoisotopic (exact) mass is 414 g/mol. The molecule has 0 bridgehead atoms. The molecule has 0 aromatic heterocycles. The molecule has 1 atom stereocenters. The number of carbonyl (C=O) groups is 3. The normalized spacial score (nSPS) is 23.0. The number of nitrogens with zero attached hydrogens (tertiary/aromatic N) is 2. The standard InChI is InChI=1S/C22H30N4O4/c27-20-5-2-9-26(20)18-4-1-3-17(13-18)24-22(29)21(28)23-14-16-6-10-25(11-7-16)19-8-12-30-15-19/h1,3-4,13,16,19H,2,5-12,14-15H2,(H,23,28)(H,24,29). The molecule has 1 unspecified atom stereocenters. The van der Waals surface area contributed by atoms with Gasteiger partial charge in [0.1, 0.15) is 0 Å². The van der Waals surface area contributed by atoms with Crippen LogP contribution in [-0.2, 0) is 19.1 Å². The van der Waals surface area contributed by atoms with Crippen LogP contribution in [0.1, 0.15) is 32.1 Å². The topological polar surface area (TPSA) is 91.0 Å². The fourth-order valence-electron chi connectivity index (χ4n) is 4.51. The van der Waals surface area contributed by atoms with E-state index in [9.17, 15) is 14.4 Å². The highest BCUT2D eigenvalue weighted by molar-refractivity contribution is 6.39. The van der Waals surface area contributed by atoms with Gasteiger partial charge in [-0.2, -0.15) is 0 Å². The molecule has 1 aromatic rings. The summed E-state index contributed by atoms with van der Waals surface area (Å²) in [5, 5.41) is 5.42. The van der Waals surface area contributed by atoms with Gasteiger partial charge in [0.05, 0.1) is 6.61 Å². The number of nitrogens with one attached hydrogen (secondary N) is 2. The van der Waals surface area contributed by atoms with E-state index in [1.54, 1.807) is 23.1 Å². The lowest BCUT2D eigenvalue weighted by atomic mass is 9.95. The summed E-state index contributed by atoms with van der Waals surface area (Å²) in [5.74, 6) is -0.822. The van der Waals surface area contributed by atoms with Gasteiger partial charge in [-0.25, -0.2) is 0 Å². The number of likely N-dealkylation sites (tertiary alicyclic amines) is 1. The molecule has 0 spiro atoms. The summed E-state index contributed by atoms with van der Waals surface area (Å²) in [6.45, 7) is 4.92. The zero-order valence-electron chi connectivity index (χ0n) is 17.3. The summed E-state index contributed by atoms with van der Waals surface area (Å²) in [6, 6.07) is 7.60. The molecule has 2 N–H and O–H groups in total. The first kappa shape index (κ1) is 20.8.